The van der Waals surface area contributed by atoms with Crippen LogP contribution in [-0.2, 0) is 5.41 Å². The molecule has 0 heterocycles. The number of hydrogen-bond donors (Lipinski definition) is 0. The van der Waals surface area contributed by atoms with Crippen LogP contribution < -0.4 is 4.35 Å². The quantitative estimate of drug-likeness (QED) is 0.113. The molecule has 3 atom stereocenters. The Morgan fingerprint density at radius 3 is 1.33 bits per heavy atom. The van der Waals surface area contributed by atoms with Crippen molar-refractivity contribution in [1.82, 2.24) is 0 Å². The maximum atomic E-state index is 14.9. The van der Waals surface area contributed by atoms with E-state index in [4.69, 9.17) is 0 Å². The molecule has 232 valence electrons. The molecule has 3 unspecified atom stereocenters. The third-order valence-electron chi connectivity index (χ3n) is 5.81. The summed E-state index contributed by atoms with van der Waals surface area (Å²) < 4.78 is 243. The molecule has 0 aromatic heterocycles. The van der Waals surface area contributed by atoms with E-state index >= 15 is 0 Å². The molecule has 0 spiro atoms. The SMILES string of the molecule is FC1=C(F)C(F)C(c2cc(F)cc(F)c2F)(c2c(F)c(F)c(F)c(F)c2F)C(F)=C1F.Fc1c(F)c(F)c([AsH2])c(F)c1F. The molecule has 0 bridgehead atoms. The summed E-state index contributed by atoms with van der Waals surface area (Å²) in [5.74, 6) is -43.4. The van der Waals surface area contributed by atoms with Gasteiger partial charge in [0.25, 0.3) is 0 Å². The molecule has 0 N–H and O–H groups in total. The van der Waals surface area contributed by atoms with E-state index < -0.39 is 132 Å². The first-order chi connectivity index (χ1) is 19.8. The molecular weight excluding hydrogens is 705 g/mol. The Labute approximate surface area is 234 Å². The van der Waals surface area contributed by atoms with Crippen molar-refractivity contribution in [1.29, 1.82) is 0 Å². The molecule has 0 amide bonds. The van der Waals surface area contributed by atoms with E-state index in [-0.39, 0.29) is 6.07 Å². The molecule has 0 saturated heterocycles. The molecule has 3 aromatic rings. The molecule has 4 rings (SSSR count). The van der Waals surface area contributed by atoms with E-state index in [2.05, 4.69) is 0 Å². The van der Waals surface area contributed by atoms with E-state index in [1.54, 1.807) is 0 Å². The zero-order valence-corrected chi connectivity index (χ0v) is 22.0. The van der Waals surface area contributed by atoms with Crippen molar-refractivity contribution < 1.29 is 79.0 Å². The molecule has 0 aliphatic heterocycles. The van der Waals surface area contributed by atoms with Crippen LogP contribution in [0.3, 0.4) is 0 Å². The minimum atomic E-state index is -4.72. The summed E-state index contributed by atoms with van der Waals surface area (Å²) in [5, 5.41) is 0. The molecule has 3 aromatic carbocycles. The van der Waals surface area contributed by atoms with Gasteiger partial charge in [0.15, 0.2) is 64.4 Å². The zero-order chi connectivity index (χ0) is 33.0. The van der Waals surface area contributed by atoms with Crippen LogP contribution in [0.5, 0.6) is 0 Å². The summed E-state index contributed by atoms with van der Waals surface area (Å²) >= 11 is 0.348. The first-order valence-electron chi connectivity index (χ1n) is 10.5. The van der Waals surface area contributed by atoms with Crippen molar-refractivity contribution >= 4 is 21.2 Å². The molecule has 0 saturated carbocycles. The number of halogens is 18. The third-order valence-corrected chi connectivity index (χ3v) is 6.87. The van der Waals surface area contributed by atoms with Gasteiger partial charge < -0.3 is 0 Å². The van der Waals surface area contributed by atoms with E-state index in [9.17, 15) is 79.0 Å². The first kappa shape index (κ1) is 33.9. The van der Waals surface area contributed by atoms with Crippen molar-refractivity contribution in [2.75, 3.05) is 0 Å². The predicted molar refractivity (Wildman–Crippen MR) is 111 cm³/mol. The summed E-state index contributed by atoms with van der Waals surface area (Å²) in [5.41, 5.74) is -9.73. The molecular formula is C24H5AsF18. The number of alkyl halides is 1. The topological polar surface area (TPSA) is 0 Å². The summed E-state index contributed by atoms with van der Waals surface area (Å²) in [6.45, 7) is 0. The normalized spacial score (nSPS) is 18.7. The van der Waals surface area contributed by atoms with Crippen LogP contribution in [0.15, 0.2) is 35.4 Å². The van der Waals surface area contributed by atoms with E-state index in [0.29, 0.717) is 16.9 Å². The fraction of sp³-hybridized carbons (Fsp3) is 0.0833. The Morgan fingerprint density at radius 2 is 0.884 bits per heavy atom. The van der Waals surface area contributed by atoms with Crippen molar-refractivity contribution in [2.24, 2.45) is 0 Å². The summed E-state index contributed by atoms with van der Waals surface area (Å²) in [4.78, 5) is 0. The Hall–Kier alpha value is -3.56. The van der Waals surface area contributed by atoms with Gasteiger partial charge in [-0.2, -0.15) is 0 Å². The molecule has 1 aliphatic rings. The number of allylic oxidation sites excluding steroid dienone is 4. The standard InChI is InChI=1S/C18H3F13.C6H2AsF5/c19-3-1-4(7(21)5(20)2-3)18(16(30)14(28)13(27)15(29)17(18)31)6-8(22)10(24)12(26)11(25)9(6)23;7-1-2(8)4(10)6(12)5(11)3(1)9/h1-2,16H;7H2. The van der Waals surface area contributed by atoms with Crippen LogP contribution in [0.25, 0.3) is 0 Å². The monoisotopic (exact) mass is 710 g/mol. The van der Waals surface area contributed by atoms with Gasteiger partial charge >= 0.3 is 72.2 Å². The second-order valence-electron chi connectivity index (χ2n) is 8.14. The van der Waals surface area contributed by atoms with E-state index in [1.165, 1.54) is 0 Å². The Morgan fingerprint density at radius 1 is 0.488 bits per heavy atom. The molecule has 43 heavy (non-hydrogen) atoms. The van der Waals surface area contributed by atoms with Gasteiger partial charge in [-0.1, -0.05) is 0 Å². The second-order valence-corrected chi connectivity index (χ2v) is 9.35. The first-order valence-corrected chi connectivity index (χ1v) is 11.7. The van der Waals surface area contributed by atoms with Gasteiger partial charge in [0.2, 0.25) is 5.82 Å². The van der Waals surface area contributed by atoms with Crippen LogP contribution in [0, 0.1) is 75.6 Å². The van der Waals surface area contributed by atoms with Crippen LogP contribution in [-0.4, -0.2) is 23.0 Å². The van der Waals surface area contributed by atoms with E-state index in [1.807, 2.05) is 0 Å². The van der Waals surface area contributed by atoms with Gasteiger partial charge in [0.05, 0.1) is 5.56 Å². The fourth-order valence-electron chi connectivity index (χ4n) is 3.83. The van der Waals surface area contributed by atoms with Crippen molar-refractivity contribution in [3.05, 3.63) is 122 Å². The van der Waals surface area contributed by atoms with Gasteiger partial charge in [-0.15, -0.1) is 0 Å². The molecule has 0 nitrogen and oxygen atoms in total. The second kappa shape index (κ2) is 11.8. The van der Waals surface area contributed by atoms with Crippen molar-refractivity contribution in [3.8, 4) is 0 Å². The average molecular weight is 710 g/mol. The Kier molecular flexibility index (Phi) is 9.35. The zero-order valence-electron chi connectivity index (χ0n) is 19.6. The molecule has 0 radical (unpaired) electrons. The number of hydrogen-bond acceptors (Lipinski definition) is 0. The van der Waals surface area contributed by atoms with Gasteiger partial charge in [-0.3, -0.25) is 0 Å². The molecule has 0 fully saturated rings. The summed E-state index contributed by atoms with van der Waals surface area (Å²) in [6, 6.07) is -0.682. The van der Waals surface area contributed by atoms with Crippen LogP contribution >= 0.6 is 0 Å². The summed E-state index contributed by atoms with van der Waals surface area (Å²) in [7, 11) is 0. The fourth-order valence-corrected chi connectivity index (χ4v) is 4.36. The minimum absolute atomic E-state index is 0.272. The van der Waals surface area contributed by atoms with Gasteiger partial charge in [-0.05, 0) is 6.07 Å². The summed E-state index contributed by atoms with van der Waals surface area (Å²) in [6.07, 6.45) is -4.27. The Bertz CT molecular complexity index is 1590. The maximum absolute atomic E-state index is 14.9. The van der Waals surface area contributed by atoms with Crippen LogP contribution in [0.1, 0.15) is 11.1 Å². The van der Waals surface area contributed by atoms with Crippen molar-refractivity contribution in [2.45, 2.75) is 11.6 Å². The predicted octanol–water partition coefficient (Wildman–Crippen LogP) is 7.38. The molecule has 19 heteroatoms. The number of rotatable bonds is 2. The van der Waals surface area contributed by atoms with Crippen molar-refractivity contribution in [3.63, 3.8) is 0 Å². The van der Waals surface area contributed by atoms with Crippen LogP contribution in [0.4, 0.5) is 79.0 Å². The van der Waals surface area contributed by atoms with Gasteiger partial charge in [0.1, 0.15) is 11.2 Å². The third kappa shape index (κ3) is 5.06. The van der Waals surface area contributed by atoms with E-state index in [0.717, 1.165) is 0 Å². The van der Waals surface area contributed by atoms with Crippen LogP contribution in [0.2, 0.25) is 0 Å². The van der Waals surface area contributed by atoms with Gasteiger partial charge in [-0.25, -0.2) is 57.1 Å². The number of benzene rings is 3. The molecule has 1 aliphatic carbocycles. The Balaban J connectivity index is 0.000000353. The van der Waals surface area contributed by atoms with Gasteiger partial charge in [0, 0.05) is 11.6 Å². The average Bonchev–Trinajstić information content (AvgIpc) is 2.98.